The monoisotopic (exact) mass is 547 g/mol. The standard InChI is InChI=1S/C33H41NO6/c1-5-16-39-32(38)34-19(2)31(37)40-20(3)21-6-8-22(9-7-21)27-18-33(4)28(14-15-29(33)36)26-12-10-23-17-24(35)11-13-25(23)30(26)27/h5-9,17,19-20,26-29,36H,1,10-16,18H2,2-4H3,(H,34,38)/t19?,20-,26?,27?,28?,29?,33?/m0/s1. The minimum atomic E-state index is -0.853. The Kier molecular flexibility index (Phi) is 8.05. The minimum absolute atomic E-state index is 0.0605. The Morgan fingerprint density at radius 3 is 2.62 bits per heavy atom. The predicted molar refractivity (Wildman–Crippen MR) is 151 cm³/mol. The third-order valence-electron chi connectivity index (χ3n) is 9.80. The highest BCUT2D eigenvalue weighted by Gasteiger charge is 2.56. The lowest BCUT2D eigenvalue weighted by atomic mass is 9.53. The highest BCUT2D eigenvalue weighted by Crippen LogP contribution is 2.63. The quantitative estimate of drug-likeness (QED) is 0.328. The average Bonchev–Trinajstić information content (AvgIpc) is 3.24. The van der Waals surface area contributed by atoms with Gasteiger partial charge in [-0.05, 0) is 98.0 Å². The number of ketones is 1. The molecule has 7 heteroatoms. The van der Waals surface area contributed by atoms with Crippen molar-refractivity contribution in [2.24, 2.45) is 17.3 Å². The number of aliphatic hydroxyl groups is 1. The van der Waals surface area contributed by atoms with E-state index < -0.39 is 24.2 Å². The molecule has 0 aliphatic heterocycles. The molecule has 7 atom stereocenters. The average molecular weight is 548 g/mol. The summed E-state index contributed by atoms with van der Waals surface area (Å²) in [7, 11) is 0. The second kappa shape index (κ2) is 11.4. The molecule has 6 unspecified atom stereocenters. The zero-order chi connectivity index (χ0) is 28.6. The third-order valence-corrected chi connectivity index (χ3v) is 9.80. The number of hydrogen-bond acceptors (Lipinski definition) is 6. The SMILES string of the molecule is C=CCOC(=O)NC(C)C(=O)O[C@@H](C)c1ccc(C2CC3(C)C(O)CCC3C3CCC4=CC(=O)CCC4=C23)cc1. The van der Waals surface area contributed by atoms with Gasteiger partial charge in [-0.15, -0.1) is 0 Å². The first-order valence-corrected chi connectivity index (χ1v) is 14.6. The van der Waals surface area contributed by atoms with Gasteiger partial charge in [0.05, 0.1) is 6.10 Å². The van der Waals surface area contributed by atoms with E-state index in [0.717, 1.165) is 44.1 Å². The van der Waals surface area contributed by atoms with E-state index in [9.17, 15) is 19.5 Å². The molecule has 214 valence electrons. The first-order valence-electron chi connectivity index (χ1n) is 14.6. The lowest BCUT2D eigenvalue weighted by molar-refractivity contribution is -0.150. The van der Waals surface area contributed by atoms with Crippen molar-refractivity contribution in [3.05, 3.63) is 70.8 Å². The molecule has 4 aliphatic rings. The summed E-state index contributed by atoms with van der Waals surface area (Å²) in [5, 5.41) is 13.6. The molecule has 0 radical (unpaired) electrons. The highest BCUT2D eigenvalue weighted by molar-refractivity contribution is 5.93. The molecule has 1 amide bonds. The van der Waals surface area contributed by atoms with Gasteiger partial charge in [-0.3, -0.25) is 4.79 Å². The van der Waals surface area contributed by atoms with E-state index in [1.165, 1.54) is 28.4 Å². The molecule has 0 bridgehead atoms. The number of rotatable bonds is 7. The Bertz CT molecular complexity index is 1250. The summed E-state index contributed by atoms with van der Waals surface area (Å²) in [6, 6.07) is 7.41. The largest absolute Gasteiger partial charge is 0.456 e. The molecule has 1 aromatic rings. The fraction of sp³-hybridized carbons (Fsp3) is 0.545. The first kappa shape index (κ1) is 28.3. The molecule has 0 saturated heterocycles. The van der Waals surface area contributed by atoms with Crippen LogP contribution in [0.4, 0.5) is 4.79 Å². The fourth-order valence-corrected chi connectivity index (χ4v) is 7.69. The Labute approximate surface area is 236 Å². The number of carbonyl (C=O) groups excluding carboxylic acids is 3. The van der Waals surface area contributed by atoms with Gasteiger partial charge in [-0.2, -0.15) is 0 Å². The molecular weight excluding hydrogens is 506 g/mol. The molecule has 2 N–H and O–H groups in total. The maximum absolute atomic E-state index is 12.6. The van der Waals surface area contributed by atoms with Crippen LogP contribution in [0.2, 0.25) is 0 Å². The molecule has 5 rings (SSSR count). The van der Waals surface area contributed by atoms with Crippen LogP contribution in [0.1, 0.15) is 88.9 Å². The van der Waals surface area contributed by atoms with E-state index in [-0.39, 0.29) is 29.8 Å². The van der Waals surface area contributed by atoms with Crippen LogP contribution in [0.3, 0.4) is 0 Å². The molecule has 0 aromatic heterocycles. The van der Waals surface area contributed by atoms with Gasteiger partial charge in [-0.1, -0.05) is 49.4 Å². The van der Waals surface area contributed by atoms with Gasteiger partial charge in [0.2, 0.25) is 0 Å². The number of fused-ring (bicyclic) bond motifs is 4. The number of allylic oxidation sites excluding steroid dienone is 4. The lowest BCUT2D eigenvalue weighted by Gasteiger charge is -2.52. The van der Waals surface area contributed by atoms with E-state index in [1.807, 2.05) is 25.1 Å². The Morgan fingerprint density at radius 2 is 1.90 bits per heavy atom. The molecule has 40 heavy (non-hydrogen) atoms. The van der Waals surface area contributed by atoms with E-state index in [0.29, 0.717) is 18.3 Å². The van der Waals surface area contributed by atoms with Crippen LogP contribution in [0.5, 0.6) is 0 Å². The molecule has 2 saturated carbocycles. The topological polar surface area (TPSA) is 102 Å². The zero-order valence-corrected chi connectivity index (χ0v) is 23.8. The lowest BCUT2D eigenvalue weighted by Crippen LogP contribution is -2.45. The summed E-state index contributed by atoms with van der Waals surface area (Å²) >= 11 is 0. The van der Waals surface area contributed by atoms with Crippen molar-refractivity contribution >= 4 is 17.8 Å². The maximum atomic E-state index is 12.6. The minimum Gasteiger partial charge on any atom is -0.456 e. The number of esters is 1. The second-order valence-electron chi connectivity index (χ2n) is 12.2. The molecule has 4 aliphatic carbocycles. The van der Waals surface area contributed by atoms with Crippen LogP contribution >= 0.6 is 0 Å². The van der Waals surface area contributed by atoms with Crippen molar-refractivity contribution in [2.75, 3.05) is 6.61 Å². The van der Waals surface area contributed by atoms with E-state index in [2.05, 4.69) is 31.0 Å². The number of benzene rings is 1. The van der Waals surface area contributed by atoms with E-state index >= 15 is 0 Å². The third kappa shape index (κ3) is 5.28. The Balaban J connectivity index is 1.37. The van der Waals surface area contributed by atoms with Crippen molar-refractivity contribution in [1.82, 2.24) is 5.32 Å². The molecule has 2 fully saturated rings. The van der Waals surface area contributed by atoms with Gasteiger partial charge in [0.1, 0.15) is 18.8 Å². The van der Waals surface area contributed by atoms with Crippen molar-refractivity contribution < 1.29 is 29.0 Å². The van der Waals surface area contributed by atoms with E-state index in [4.69, 9.17) is 9.47 Å². The van der Waals surface area contributed by atoms with Gasteiger partial charge in [0.25, 0.3) is 0 Å². The number of nitrogens with one attached hydrogen (secondary N) is 1. The van der Waals surface area contributed by atoms with Crippen LogP contribution in [0, 0.1) is 17.3 Å². The Morgan fingerprint density at radius 1 is 1.15 bits per heavy atom. The Hall–Kier alpha value is -3.19. The van der Waals surface area contributed by atoms with Crippen molar-refractivity contribution in [2.45, 2.75) is 89.9 Å². The van der Waals surface area contributed by atoms with Crippen LogP contribution in [0.15, 0.2) is 59.7 Å². The van der Waals surface area contributed by atoms with Crippen molar-refractivity contribution in [3.8, 4) is 0 Å². The summed E-state index contributed by atoms with van der Waals surface area (Å²) in [4.78, 5) is 36.5. The summed E-state index contributed by atoms with van der Waals surface area (Å²) in [5.74, 6) is 0.787. The van der Waals surface area contributed by atoms with Crippen LogP contribution in [-0.2, 0) is 19.1 Å². The van der Waals surface area contributed by atoms with Gasteiger partial charge in [0.15, 0.2) is 5.78 Å². The summed E-state index contributed by atoms with van der Waals surface area (Å²) in [6.07, 6.45) is 8.04. The van der Waals surface area contributed by atoms with Crippen LogP contribution in [0.25, 0.3) is 0 Å². The molecular formula is C33H41NO6. The van der Waals surface area contributed by atoms with Gasteiger partial charge in [0, 0.05) is 12.3 Å². The van der Waals surface area contributed by atoms with E-state index in [1.54, 1.807) is 6.92 Å². The number of alkyl carbamates (subject to hydrolysis) is 1. The maximum Gasteiger partial charge on any atom is 0.408 e. The number of ether oxygens (including phenoxy) is 2. The fourth-order valence-electron chi connectivity index (χ4n) is 7.69. The van der Waals surface area contributed by atoms with Gasteiger partial charge in [-0.25, -0.2) is 9.59 Å². The van der Waals surface area contributed by atoms with Crippen molar-refractivity contribution in [1.29, 1.82) is 0 Å². The molecule has 7 nitrogen and oxygen atoms in total. The zero-order valence-electron chi connectivity index (χ0n) is 23.8. The second-order valence-corrected chi connectivity index (χ2v) is 12.2. The van der Waals surface area contributed by atoms with Crippen molar-refractivity contribution in [3.63, 3.8) is 0 Å². The molecule has 1 aromatic carbocycles. The summed E-state index contributed by atoms with van der Waals surface area (Å²) < 4.78 is 10.5. The number of aliphatic hydroxyl groups excluding tert-OH is 1. The number of hydrogen-bond donors (Lipinski definition) is 2. The smallest absolute Gasteiger partial charge is 0.408 e. The first-order chi connectivity index (χ1) is 19.1. The van der Waals surface area contributed by atoms with Gasteiger partial charge < -0.3 is 19.9 Å². The van der Waals surface area contributed by atoms with Gasteiger partial charge >= 0.3 is 12.1 Å². The highest BCUT2D eigenvalue weighted by atomic mass is 16.6. The predicted octanol–water partition coefficient (Wildman–Crippen LogP) is 5.85. The normalized spacial score (nSPS) is 30.7. The molecule has 0 heterocycles. The van der Waals surface area contributed by atoms with Crippen LogP contribution in [-0.4, -0.2) is 41.7 Å². The number of carbonyl (C=O) groups is 3. The molecule has 0 spiro atoms. The summed E-state index contributed by atoms with van der Waals surface area (Å²) in [5.41, 5.74) is 6.05. The number of amides is 1. The van der Waals surface area contributed by atoms with Crippen LogP contribution < -0.4 is 5.32 Å². The summed E-state index contributed by atoms with van der Waals surface area (Å²) in [6.45, 7) is 9.20.